The maximum Gasteiger partial charge on any atom is 0.293 e. The molecule has 0 N–H and O–H groups in total. The molecule has 0 saturated carbocycles. The number of amides is 1. The molecule has 0 radical (unpaired) electrons. The maximum atomic E-state index is 12.9. The number of anilines is 1. The summed E-state index contributed by atoms with van der Waals surface area (Å²) in [6.07, 6.45) is 2.05. The van der Waals surface area contributed by atoms with Crippen molar-refractivity contribution in [1.82, 2.24) is 4.90 Å². The van der Waals surface area contributed by atoms with Gasteiger partial charge in [-0.25, -0.2) is 0 Å². The van der Waals surface area contributed by atoms with Gasteiger partial charge < -0.3 is 9.80 Å². The van der Waals surface area contributed by atoms with Crippen LogP contribution in [0.4, 0.5) is 11.4 Å². The lowest BCUT2D eigenvalue weighted by Crippen LogP contribution is -2.33. The van der Waals surface area contributed by atoms with Gasteiger partial charge in [0.25, 0.3) is 11.6 Å². The molecule has 144 valence electrons. The van der Waals surface area contributed by atoms with E-state index >= 15 is 0 Å². The van der Waals surface area contributed by atoms with E-state index in [0.717, 1.165) is 30.8 Å². The second-order valence-electron chi connectivity index (χ2n) is 7.24. The summed E-state index contributed by atoms with van der Waals surface area (Å²) in [6, 6.07) is 8.72. The summed E-state index contributed by atoms with van der Waals surface area (Å²) in [4.78, 5) is 28.9. The number of hydrogen-bond acceptors (Lipinski definition) is 5. The number of nitro groups is 1. The highest BCUT2D eigenvalue weighted by atomic mass is 32.1. The van der Waals surface area contributed by atoms with Gasteiger partial charge in [0, 0.05) is 36.6 Å². The van der Waals surface area contributed by atoms with Crippen molar-refractivity contribution in [2.24, 2.45) is 5.92 Å². The maximum absolute atomic E-state index is 12.9. The van der Waals surface area contributed by atoms with Gasteiger partial charge in [-0.3, -0.25) is 14.9 Å². The first-order valence-electron chi connectivity index (χ1n) is 9.22. The second-order valence-corrected chi connectivity index (χ2v) is 8.22. The molecule has 7 heteroatoms. The fourth-order valence-electron chi connectivity index (χ4n) is 3.42. The van der Waals surface area contributed by atoms with Crippen LogP contribution >= 0.6 is 11.3 Å². The zero-order chi connectivity index (χ0) is 19.6. The van der Waals surface area contributed by atoms with Gasteiger partial charge in [-0.05, 0) is 49.3 Å². The molecule has 1 amide bonds. The summed E-state index contributed by atoms with van der Waals surface area (Å²) in [7, 11) is 1.73. The molecule has 2 heterocycles. The zero-order valence-corrected chi connectivity index (χ0v) is 16.7. The first-order valence-corrected chi connectivity index (χ1v) is 10.1. The highest BCUT2D eigenvalue weighted by Gasteiger charge is 2.26. The van der Waals surface area contributed by atoms with Crippen LogP contribution in [0.5, 0.6) is 0 Å². The quantitative estimate of drug-likeness (QED) is 0.550. The fraction of sp³-hybridized carbons (Fsp3) is 0.450. The molecule has 1 atom stereocenters. The fourth-order valence-corrected chi connectivity index (χ4v) is 4.25. The van der Waals surface area contributed by atoms with Gasteiger partial charge >= 0.3 is 0 Å². The molecule has 1 aliphatic rings. The summed E-state index contributed by atoms with van der Waals surface area (Å²) in [5.41, 5.74) is 0.965. The van der Waals surface area contributed by atoms with Crippen LogP contribution in [0.3, 0.4) is 0 Å². The van der Waals surface area contributed by atoms with E-state index in [1.165, 1.54) is 6.07 Å². The first kappa shape index (κ1) is 19.4. The van der Waals surface area contributed by atoms with Crippen LogP contribution in [-0.4, -0.2) is 35.9 Å². The van der Waals surface area contributed by atoms with E-state index in [4.69, 9.17) is 0 Å². The highest BCUT2D eigenvalue weighted by molar-refractivity contribution is 7.10. The summed E-state index contributed by atoms with van der Waals surface area (Å²) in [5, 5.41) is 13.6. The summed E-state index contributed by atoms with van der Waals surface area (Å²) >= 11 is 1.59. The summed E-state index contributed by atoms with van der Waals surface area (Å²) in [6.45, 7) is 5.79. The van der Waals surface area contributed by atoms with E-state index in [2.05, 4.69) is 11.8 Å². The lowest BCUT2D eigenvalue weighted by atomic mass is 9.98. The van der Waals surface area contributed by atoms with Gasteiger partial charge in [0.15, 0.2) is 0 Å². The number of carbonyl (C=O) groups excluding carboxylic acids is 1. The Labute approximate surface area is 163 Å². The van der Waals surface area contributed by atoms with Gasteiger partial charge in [0.2, 0.25) is 0 Å². The number of nitro benzene ring substituents is 1. The Kier molecular flexibility index (Phi) is 5.79. The van der Waals surface area contributed by atoms with E-state index in [1.807, 2.05) is 24.4 Å². The van der Waals surface area contributed by atoms with Gasteiger partial charge in [0.05, 0.1) is 11.0 Å². The van der Waals surface area contributed by atoms with Crippen molar-refractivity contribution in [3.63, 3.8) is 0 Å². The third-order valence-electron chi connectivity index (χ3n) is 5.40. The molecule has 0 spiro atoms. The molecule has 3 rings (SSSR count). The lowest BCUT2D eigenvalue weighted by Gasteiger charge is -2.32. The van der Waals surface area contributed by atoms with E-state index in [0.29, 0.717) is 17.2 Å². The molecule has 1 aliphatic heterocycles. The Morgan fingerprint density at radius 1 is 1.33 bits per heavy atom. The van der Waals surface area contributed by atoms with Gasteiger partial charge in [-0.1, -0.05) is 13.0 Å². The largest absolute Gasteiger partial charge is 0.366 e. The van der Waals surface area contributed by atoms with Crippen molar-refractivity contribution in [3.05, 3.63) is 56.3 Å². The minimum atomic E-state index is -0.382. The van der Waals surface area contributed by atoms with Crippen LogP contribution in [-0.2, 0) is 0 Å². The monoisotopic (exact) mass is 387 g/mol. The minimum absolute atomic E-state index is 0.00702. The molecule has 27 heavy (non-hydrogen) atoms. The van der Waals surface area contributed by atoms with Crippen molar-refractivity contribution in [2.45, 2.75) is 32.7 Å². The van der Waals surface area contributed by atoms with Gasteiger partial charge in [-0.15, -0.1) is 11.3 Å². The van der Waals surface area contributed by atoms with Crippen LogP contribution in [0.15, 0.2) is 35.7 Å². The third-order valence-corrected chi connectivity index (χ3v) is 6.44. The van der Waals surface area contributed by atoms with Crippen LogP contribution in [0, 0.1) is 16.0 Å². The van der Waals surface area contributed by atoms with Crippen LogP contribution in [0.2, 0.25) is 0 Å². The SMILES string of the molecule is CC1CCN(c2ccc(C(=O)N(C)[C@H](C)c3cccs3)cc2[N+](=O)[O-])CC1. The molecular formula is C20H25N3O3S. The molecule has 0 bridgehead atoms. The van der Waals surface area contributed by atoms with Gasteiger partial charge in [0.1, 0.15) is 5.69 Å². The zero-order valence-electron chi connectivity index (χ0n) is 15.9. The van der Waals surface area contributed by atoms with E-state index in [-0.39, 0.29) is 22.6 Å². The molecular weight excluding hydrogens is 362 g/mol. The normalized spacial score (nSPS) is 16.2. The molecule has 1 aromatic heterocycles. The van der Waals surface area contributed by atoms with E-state index < -0.39 is 0 Å². The number of thiophene rings is 1. The molecule has 6 nitrogen and oxygen atoms in total. The van der Waals surface area contributed by atoms with Crippen LogP contribution in [0.1, 0.15) is 48.0 Å². The average Bonchev–Trinajstić information content (AvgIpc) is 3.21. The van der Waals surface area contributed by atoms with Crippen molar-refractivity contribution >= 4 is 28.6 Å². The third kappa shape index (κ3) is 4.13. The standard InChI is InChI=1S/C20H25N3O3S/c1-14-8-10-22(11-9-14)17-7-6-16(13-18(17)23(25)26)20(24)21(3)15(2)19-5-4-12-27-19/h4-7,12-15H,8-11H2,1-3H3/t15-/m1/s1. The minimum Gasteiger partial charge on any atom is -0.366 e. The smallest absolute Gasteiger partial charge is 0.293 e. The highest BCUT2D eigenvalue weighted by Crippen LogP contribution is 2.33. The first-order chi connectivity index (χ1) is 12.9. The predicted octanol–water partition coefficient (Wildman–Crippen LogP) is 4.73. The summed E-state index contributed by atoms with van der Waals surface area (Å²) in [5.74, 6) is 0.436. The van der Waals surface area contributed by atoms with Crippen molar-refractivity contribution < 1.29 is 9.72 Å². The van der Waals surface area contributed by atoms with Crippen molar-refractivity contribution in [1.29, 1.82) is 0 Å². The molecule has 0 aliphatic carbocycles. The second kappa shape index (κ2) is 8.08. The number of rotatable bonds is 5. The van der Waals surface area contributed by atoms with E-state index in [1.54, 1.807) is 35.4 Å². The lowest BCUT2D eigenvalue weighted by molar-refractivity contribution is -0.384. The van der Waals surface area contributed by atoms with Gasteiger partial charge in [-0.2, -0.15) is 0 Å². The Balaban J connectivity index is 1.85. The number of piperidine rings is 1. The number of carbonyl (C=O) groups is 1. The van der Waals surface area contributed by atoms with Crippen molar-refractivity contribution in [3.8, 4) is 0 Å². The number of benzene rings is 1. The molecule has 2 aromatic rings. The molecule has 1 fully saturated rings. The van der Waals surface area contributed by atoms with Crippen molar-refractivity contribution in [2.75, 3.05) is 25.0 Å². The topological polar surface area (TPSA) is 66.7 Å². The van der Waals surface area contributed by atoms with E-state index in [9.17, 15) is 14.9 Å². The van der Waals surface area contributed by atoms with Crippen LogP contribution in [0.25, 0.3) is 0 Å². The summed E-state index contributed by atoms with van der Waals surface area (Å²) < 4.78 is 0. The Morgan fingerprint density at radius 2 is 2.04 bits per heavy atom. The Morgan fingerprint density at radius 3 is 2.63 bits per heavy atom. The predicted molar refractivity (Wildman–Crippen MR) is 109 cm³/mol. The Hall–Kier alpha value is -2.41. The molecule has 1 aromatic carbocycles. The number of hydrogen-bond donors (Lipinski definition) is 0. The molecule has 0 unspecified atom stereocenters. The van der Waals surface area contributed by atoms with Crippen LogP contribution < -0.4 is 4.90 Å². The number of nitrogens with zero attached hydrogens (tertiary/aromatic N) is 3. The Bertz CT molecular complexity index is 814. The molecule has 1 saturated heterocycles. The average molecular weight is 388 g/mol.